The molecule has 1 aliphatic carbocycles. The van der Waals surface area contributed by atoms with E-state index in [2.05, 4.69) is 17.4 Å². The predicted molar refractivity (Wildman–Crippen MR) is 87.3 cm³/mol. The minimum Gasteiger partial charge on any atom is -0.481 e. The van der Waals surface area contributed by atoms with Crippen molar-refractivity contribution in [3.05, 3.63) is 35.4 Å². The molecule has 5 nitrogen and oxygen atoms in total. The minimum absolute atomic E-state index is 0.102. The number of carbonyl (C=O) groups excluding carboxylic acids is 1. The molecule has 2 unspecified atom stereocenters. The van der Waals surface area contributed by atoms with Crippen molar-refractivity contribution in [1.82, 2.24) is 5.32 Å². The van der Waals surface area contributed by atoms with Gasteiger partial charge in [0.25, 0.3) is 0 Å². The quantitative estimate of drug-likeness (QED) is 0.808. The standard InChI is InChI=1S/C18H25NO4/c1-18(12-23-2,11-17(21)22)19-16(20)10-13-7-8-14-5-3-4-6-15(14)9-13/h3-6,13H,7-12H2,1-2H3,(H,19,20)(H,21,22). The van der Waals surface area contributed by atoms with Crippen LogP contribution in [-0.2, 0) is 27.2 Å². The van der Waals surface area contributed by atoms with E-state index in [0.29, 0.717) is 12.3 Å². The number of benzene rings is 1. The zero-order valence-electron chi connectivity index (χ0n) is 13.8. The van der Waals surface area contributed by atoms with Crippen LogP contribution >= 0.6 is 0 Å². The van der Waals surface area contributed by atoms with Gasteiger partial charge >= 0.3 is 5.97 Å². The Labute approximate surface area is 137 Å². The smallest absolute Gasteiger partial charge is 0.305 e. The van der Waals surface area contributed by atoms with E-state index in [1.165, 1.54) is 18.2 Å². The summed E-state index contributed by atoms with van der Waals surface area (Å²) in [5.41, 5.74) is 1.82. The molecular weight excluding hydrogens is 294 g/mol. The van der Waals surface area contributed by atoms with E-state index in [1.807, 2.05) is 12.1 Å². The first kappa shape index (κ1) is 17.5. The molecule has 0 bridgehead atoms. The van der Waals surface area contributed by atoms with Crippen LogP contribution in [0.5, 0.6) is 0 Å². The van der Waals surface area contributed by atoms with Crippen LogP contribution in [0.1, 0.15) is 37.3 Å². The van der Waals surface area contributed by atoms with Crippen LogP contribution in [0.4, 0.5) is 0 Å². The van der Waals surface area contributed by atoms with E-state index in [1.54, 1.807) is 6.92 Å². The summed E-state index contributed by atoms with van der Waals surface area (Å²) in [4.78, 5) is 23.3. The van der Waals surface area contributed by atoms with Gasteiger partial charge in [-0.15, -0.1) is 0 Å². The lowest BCUT2D eigenvalue weighted by molar-refractivity contribution is -0.139. The summed E-state index contributed by atoms with van der Waals surface area (Å²) in [6, 6.07) is 8.35. The monoisotopic (exact) mass is 319 g/mol. The van der Waals surface area contributed by atoms with Gasteiger partial charge in [-0.05, 0) is 43.2 Å². The normalized spacial score (nSPS) is 19.5. The Hall–Kier alpha value is -1.88. The number of carboxylic acid groups (broad SMARTS) is 1. The lowest BCUT2D eigenvalue weighted by atomic mass is 9.82. The summed E-state index contributed by atoms with van der Waals surface area (Å²) >= 11 is 0. The summed E-state index contributed by atoms with van der Waals surface area (Å²) in [7, 11) is 1.50. The molecule has 0 aliphatic heterocycles. The lowest BCUT2D eigenvalue weighted by Gasteiger charge is -2.30. The van der Waals surface area contributed by atoms with Crippen molar-refractivity contribution in [3.63, 3.8) is 0 Å². The third-order valence-corrected chi connectivity index (χ3v) is 4.37. The Kier molecular flexibility index (Phi) is 5.77. The average molecular weight is 319 g/mol. The summed E-state index contributed by atoms with van der Waals surface area (Å²) in [5.74, 6) is -0.742. The first-order valence-electron chi connectivity index (χ1n) is 8.00. The fourth-order valence-corrected chi connectivity index (χ4v) is 3.38. The number of methoxy groups -OCH3 is 1. The molecule has 0 fully saturated rings. The highest BCUT2D eigenvalue weighted by molar-refractivity contribution is 5.78. The van der Waals surface area contributed by atoms with Gasteiger partial charge in [-0.1, -0.05) is 24.3 Å². The third kappa shape index (κ3) is 5.06. The molecule has 2 rings (SSSR count). The third-order valence-electron chi connectivity index (χ3n) is 4.37. The molecular formula is C18H25NO4. The van der Waals surface area contributed by atoms with E-state index >= 15 is 0 Å². The first-order chi connectivity index (χ1) is 10.9. The highest BCUT2D eigenvalue weighted by Gasteiger charge is 2.30. The maximum absolute atomic E-state index is 12.3. The molecule has 0 spiro atoms. The van der Waals surface area contributed by atoms with Gasteiger partial charge in [0, 0.05) is 13.5 Å². The van der Waals surface area contributed by atoms with Crippen LogP contribution in [0.15, 0.2) is 24.3 Å². The van der Waals surface area contributed by atoms with Crippen LogP contribution in [0, 0.1) is 5.92 Å². The molecule has 0 heterocycles. The number of amides is 1. The lowest BCUT2D eigenvalue weighted by Crippen LogP contribution is -2.51. The fraction of sp³-hybridized carbons (Fsp3) is 0.556. The molecule has 0 aromatic heterocycles. The number of hydrogen-bond acceptors (Lipinski definition) is 3. The predicted octanol–water partition coefficient (Wildman–Crippen LogP) is 2.18. The molecule has 1 aromatic rings. The number of nitrogens with one attached hydrogen (secondary N) is 1. The highest BCUT2D eigenvalue weighted by Crippen LogP contribution is 2.27. The second-order valence-electron chi connectivity index (χ2n) is 6.69. The van der Waals surface area contributed by atoms with Crippen LogP contribution in [-0.4, -0.2) is 36.2 Å². The molecule has 1 amide bonds. The maximum Gasteiger partial charge on any atom is 0.305 e. The first-order valence-corrected chi connectivity index (χ1v) is 8.00. The summed E-state index contributed by atoms with van der Waals surface area (Å²) in [6.45, 7) is 1.89. The molecule has 126 valence electrons. The fourth-order valence-electron chi connectivity index (χ4n) is 3.38. The van der Waals surface area contributed by atoms with Gasteiger partial charge in [0.2, 0.25) is 5.91 Å². The van der Waals surface area contributed by atoms with Gasteiger partial charge in [0.1, 0.15) is 0 Å². The molecule has 23 heavy (non-hydrogen) atoms. The van der Waals surface area contributed by atoms with Crippen molar-refractivity contribution in [3.8, 4) is 0 Å². The molecule has 0 saturated carbocycles. The van der Waals surface area contributed by atoms with Gasteiger partial charge in [0.05, 0.1) is 18.6 Å². The number of ether oxygens (including phenoxy) is 1. The van der Waals surface area contributed by atoms with Gasteiger partial charge in [-0.25, -0.2) is 0 Å². The SMILES string of the molecule is COCC(C)(CC(=O)O)NC(=O)CC1CCc2ccccc2C1. The van der Waals surface area contributed by atoms with Gasteiger partial charge in [0.15, 0.2) is 0 Å². The Morgan fingerprint density at radius 3 is 2.70 bits per heavy atom. The minimum atomic E-state index is -0.948. The molecule has 1 aromatic carbocycles. The number of hydrogen-bond donors (Lipinski definition) is 2. The number of aryl methyl sites for hydroxylation is 1. The highest BCUT2D eigenvalue weighted by atomic mass is 16.5. The summed E-state index contributed by atoms with van der Waals surface area (Å²) < 4.78 is 5.07. The van der Waals surface area contributed by atoms with Gasteiger partial charge < -0.3 is 15.2 Å². The molecule has 1 aliphatic rings. The van der Waals surface area contributed by atoms with Crippen molar-refractivity contribution in [2.24, 2.45) is 5.92 Å². The Bertz CT molecular complexity index is 572. The van der Waals surface area contributed by atoms with E-state index < -0.39 is 11.5 Å². The number of fused-ring (bicyclic) bond motifs is 1. The van der Waals surface area contributed by atoms with Gasteiger partial charge in [-0.2, -0.15) is 0 Å². The van der Waals surface area contributed by atoms with Crippen LogP contribution in [0.2, 0.25) is 0 Å². The Morgan fingerprint density at radius 1 is 1.35 bits per heavy atom. The van der Waals surface area contributed by atoms with Crippen molar-refractivity contribution >= 4 is 11.9 Å². The van der Waals surface area contributed by atoms with Crippen LogP contribution in [0.3, 0.4) is 0 Å². The number of rotatable bonds is 7. The molecule has 0 radical (unpaired) electrons. The Morgan fingerprint density at radius 2 is 2.04 bits per heavy atom. The average Bonchev–Trinajstić information content (AvgIpc) is 2.45. The molecule has 2 atom stereocenters. The summed E-state index contributed by atoms with van der Waals surface area (Å²) in [6.07, 6.45) is 3.17. The molecule has 2 N–H and O–H groups in total. The molecule has 0 saturated heterocycles. The second-order valence-corrected chi connectivity index (χ2v) is 6.69. The van der Waals surface area contributed by atoms with Crippen molar-refractivity contribution in [2.75, 3.05) is 13.7 Å². The topological polar surface area (TPSA) is 75.6 Å². The van der Waals surface area contributed by atoms with Gasteiger partial charge in [-0.3, -0.25) is 9.59 Å². The van der Waals surface area contributed by atoms with E-state index in [-0.39, 0.29) is 18.9 Å². The molecule has 5 heteroatoms. The van der Waals surface area contributed by atoms with Crippen LogP contribution < -0.4 is 5.32 Å². The Balaban J connectivity index is 1.93. The van der Waals surface area contributed by atoms with Crippen molar-refractivity contribution in [1.29, 1.82) is 0 Å². The van der Waals surface area contributed by atoms with E-state index in [4.69, 9.17) is 9.84 Å². The number of aliphatic carboxylic acids is 1. The van der Waals surface area contributed by atoms with E-state index in [0.717, 1.165) is 19.3 Å². The van der Waals surface area contributed by atoms with E-state index in [9.17, 15) is 9.59 Å². The zero-order chi connectivity index (χ0) is 16.9. The second kappa shape index (κ2) is 7.59. The van der Waals surface area contributed by atoms with Crippen LogP contribution in [0.25, 0.3) is 0 Å². The number of carboxylic acids is 1. The summed E-state index contributed by atoms with van der Waals surface area (Å²) in [5, 5.41) is 11.9. The van der Waals surface area contributed by atoms with Crippen molar-refractivity contribution < 1.29 is 19.4 Å². The van der Waals surface area contributed by atoms with Crippen molar-refractivity contribution in [2.45, 2.75) is 44.6 Å². The largest absolute Gasteiger partial charge is 0.481 e. The maximum atomic E-state index is 12.3. The number of carbonyl (C=O) groups is 2. The zero-order valence-corrected chi connectivity index (χ0v) is 13.8.